The van der Waals surface area contributed by atoms with Crippen LogP contribution in [0.4, 0.5) is 5.69 Å². The lowest BCUT2D eigenvalue weighted by Gasteiger charge is -2.12. The van der Waals surface area contributed by atoms with Crippen molar-refractivity contribution < 1.29 is 10.2 Å². The molecule has 24 heavy (non-hydrogen) atoms. The standard InChI is InChI=1S/C20H19NO2S/c1-14-6-9-17(10-7-14)24-20-5-3-2-4-15(20)13-21-18-11-8-16(22)12-19(18)23/h2-12,21-23H,13H2,1H3. The van der Waals surface area contributed by atoms with Gasteiger partial charge in [-0.2, -0.15) is 0 Å². The van der Waals surface area contributed by atoms with Gasteiger partial charge in [0, 0.05) is 22.4 Å². The Bertz CT molecular complexity index is 831. The van der Waals surface area contributed by atoms with Crippen LogP contribution in [-0.2, 0) is 6.54 Å². The lowest BCUT2D eigenvalue weighted by molar-refractivity contribution is 0.452. The van der Waals surface area contributed by atoms with Gasteiger partial charge in [-0.25, -0.2) is 0 Å². The van der Waals surface area contributed by atoms with Gasteiger partial charge in [0.25, 0.3) is 0 Å². The van der Waals surface area contributed by atoms with Gasteiger partial charge >= 0.3 is 0 Å². The second-order valence-electron chi connectivity index (χ2n) is 5.58. The molecule has 0 fully saturated rings. The number of anilines is 1. The Morgan fingerprint density at radius 2 is 1.67 bits per heavy atom. The summed E-state index contributed by atoms with van der Waals surface area (Å²) in [7, 11) is 0. The molecule has 0 amide bonds. The molecule has 0 unspecified atom stereocenters. The third kappa shape index (κ3) is 4.03. The molecule has 0 saturated carbocycles. The first-order valence-electron chi connectivity index (χ1n) is 7.70. The van der Waals surface area contributed by atoms with Gasteiger partial charge in [-0.3, -0.25) is 0 Å². The van der Waals surface area contributed by atoms with Gasteiger partial charge in [0.1, 0.15) is 11.5 Å². The first-order chi connectivity index (χ1) is 11.6. The van der Waals surface area contributed by atoms with Crippen LogP contribution in [0.25, 0.3) is 0 Å². The maximum atomic E-state index is 9.87. The van der Waals surface area contributed by atoms with Crippen molar-refractivity contribution in [2.75, 3.05) is 5.32 Å². The predicted octanol–water partition coefficient (Wildman–Crippen LogP) is 5.17. The molecular weight excluding hydrogens is 318 g/mol. The van der Waals surface area contributed by atoms with E-state index in [1.54, 1.807) is 23.9 Å². The zero-order valence-electron chi connectivity index (χ0n) is 13.4. The van der Waals surface area contributed by atoms with Crippen LogP contribution in [0.1, 0.15) is 11.1 Å². The highest BCUT2D eigenvalue weighted by molar-refractivity contribution is 7.99. The van der Waals surface area contributed by atoms with E-state index in [1.165, 1.54) is 21.4 Å². The van der Waals surface area contributed by atoms with Crippen molar-refractivity contribution in [3.8, 4) is 11.5 Å². The van der Waals surface area contributed by atoms with Crippen molar-refractivity contribution in [3.05, 3.63) is 77.9 Å². The molecule has 3 rings (SSSR count). The third-order valence-corrected chi connectivity index (χ3v) is 4.80. The van der Waals surface area contributed by atoms with E-state index in [4.69, 9.17) is 0 Å². The minimum Gasteiger partial charge on any atom is -0.508 e. The molecule has 3 nitrogen and oxygen atoms in total. The molecular formula is C20H19NO2S. The molecule has 0 spiro atoms. The first-order valence-corrected chi connectivity index (χ1v) is 8.52. The predicted molar refractivity (Wildman–Crippen MR) is 98.8 cm³/mol. The summed E-state index contributed by atoms with van der Waals surface area (Å²) in [6.07, 6.45) is 0. The highest BCUT2D eigenvalue weighted by Gasteiger charge is 2.06. The lowest BCUT2D eigenvalue weighted by Crippen LogP contribution is -2.01. The van der Waals surface area contributed by atoms with Crippen molar-refractivity contribution in [2.45, 2.75) is 23.3 Å². The van der Waals surface area contributed by atoms with E-state index in [0.717, 1.165) is 5.56 Å². The molecule has 4 heteroatoms. The Labute approximate surface area is 146 Å². The molecule has 3 aromatic rings. The van der Waals surface area contributed by atoms with E-state index in [9.17, 15) is 10.2 Å². The van der Waals surface area contributed by atoms with Gasteiger partial charge in [-0.05, 0) is 42.8 Å². The van der Waals surface area contributed by atoms with E-state index < -0.39 is 0 Å². The molecule has 0 aromatic heterocycles. The number of nitrogens with one attached hydrogen (secondary N) is 1. The first kappa shape index (κ1) is 16.3. The number of hydrogen-bond acceptors (Lipinski definition) is 4. The summed E-state index contributed by atoms with van der Waals surface area (Å²) < 4.78 is 0. The normalized spacial score (nSPS) is 10.5. The van der Waals surface area contributed by atoms with Crippen molar-refractivity contribution in [1.82, 2.24) is 0 Å². The Balaban J connectivity index is 1.75. The molecule has 0 aliphatic heterocycles. The van der Waals surface area contributed by atoms with Crippen molar-refractivity contribution >= 4 is 17.4 Å². The lowest BCUT2D eigenvalue weighted by atomic mass is 10.2. The van der Waals surface area contributed by atoms with Crippen molar-refractivity contribution in [3.63, 3.8) is 0 Å². The summed E-state index contributed by atoms with van der Waals surface area (Å²) >= 11 is 1.72. The number of hydrogen-bond donors (Lipinski definition) is 3. The van der Waals surface area contributed by atoms with Crippen LogP contribution >= 0.6 is 11.8 Å². The summed E-state index contributed by atoms with van der Waals surface area (Å²) in [5.41, 5.74) is 3.00. The molecule has 0 aliphatic rings. The smallest absolute Gasteiger partial charge is 0.142 e. The van der Waals surface area contributed by atoms with Gasteiger partial charge in [0.05, 0.1) is 5.69 Å². The van der Waals surface area contributed by atoms with Crippen LogP contribution in [0.3, 0.4) is 0 Å². The van der Waals surface area contributed by atoms with E-state index in [0.29, 0.717) is 12.2 Å². The zero-order valence-corrected chi connectivity index (χ0v) is 14.2. The number of phenols is 2. The Morgan fingerprint density at radius 1 is 0.917 bits per heavy atom. The number of benzene rings is 3. The number of phenolic OH excluding ortho intramolecular Hbond substituents is 2. The van der Waals surface area contributed by atoms with E-state index >= 15 is 0 Å². The minimum atomic E-state index is 0.0404. The number of aromatic hydroxyl groups is 2. The van der Waals surface area contributed by atoms with Crippen LogP contribution < -0.4 is 5.32 Å². The maximum Gasteiger partial charge on any atom is 0.142 e. The minimum absolute atomic E-state index is 0.0404. The molecule has 0 aliphatic carbocycles. The summed E-state index contributed by atoms with van der Waals surface area (Å²) in [6, 6.07) is 21.2. The fourth-order valence-electron chi connectivity index (χ4n) is 2.34. The molecule has 0 bridgehead atoms. The monoisotopic (exact) mass is 337 g/mol. The van der Waals surface area contributed by atoms with Gasteiger partial charge < -0.3 is 15.5 Å². The Morgan fingerprint density at radius 3 is 2.42 bits per heavy atom. The fraction of sp³-hybridized carbons (Fsp3) is 0.100. The highest BCUT2D eigenvalue weighted by atomic mass is 32.2. The van der Waals surface area contributed by atoms with Crippen molar-refractivity contribution in [2.24, 2.45) is 0 Å². The summed E-state index contributed by atoms with van der Waals surface area (Å²) in [5, 5.41) is 22.4. The van der Waals surface area contributed by atoms with Crippen LogP contribution in [-0.4, -0.2) is 10.2 Å². The van der Waals surface area contributed by atoms with Gasteiger partial charge in [0.15, 0.2) is 0 Å². The number of aryl methyl sites for hydroxylation is 1. The van der Waals surface area contributed by atoms with Crippen LogP contribution in [0, 0.1) is 6.92 Å². The molecule has 0 saturated heterocycles. The van der Waals surface area contributed by atoms with E-state index in [1.807, 2.05) is 12.1 Å². The largest absolute Gasteiger partial charge is 0.508 e. The SMILES string of the molecule is Cc1ccc(Sc2ccccc2CNc2ccc(O)cc2O)cc1. The Kier molecular flexibility index (Phi) is 4.96. The van der Waals surface area contributed by atoms with Crippen molar-refractivity contribution in [1.29, 1.82) is 0 Å². The van der Waals surface area contributed by atoms with E-state index in [2.05, 4.69) is 48.6 Å². The molecule has 122 valence electrons. The second-order valence-corrected chi connectivity index (χ2v) is 6.69. The quantitative estimate of drug-likeness (QED) is 0.444. The molecule has 0 radical (unpaired) electrons. The molecule has 3 N–H and O–H groups in total. The van der Waals surface area contributed by atoms with Gasteiger partial charge in [-0.15, -0.1) is 0 Å². The highest BCUT2D eigenvalue weighted by Crippen LogP contribution is 2.32. The maximum absolute atomic E-state index is 9.87. The zero-order chi connectivity index (χ0) is 16.9. The third-order valence-electron chi connectivity index (χ3n) is 3.67. The molecule has 3 aromatic carbocycles. The van der Waals surface area contributed by atoms with Gasteiger partial charge in [0.2, 0.25) is 0 Å². The fourth-order valence-corrected chi connectivity index (χ4v) is 3.29. The molecule has 0 heterocycles. The van der Waals surface area contributed by atoms with E-state index in [-0.39, 0.29) is 11.5 Å². The summed E-state index contributed by atoms with van der Waals surface area (Å²) in [6.45, 7) is 2.67. The van der Waals surface area contributed by atoms with Crippen LogP contribution in [0.5, 0.6) is 11.5 Å². The summed E-state index contributed by atoms with van der Waals surface area (Å²) in [4.78, 5) is 2.37. The average molecular weight is 337 g/mol. The van der Waals surface area contributed by atoms with Gasteiger partial charge in [-0.1, -0.05) is 47.7 Å². The second kappa shape index (κ2) is 7.32. The number of rotatable bonds is 5. The van der Waals surface area contributed by atoms with Crippen LogP contribution in [0.2, 0.25) is 0 Å². The van der Waals surface area contributed by atoms with Crippen LogP contribution in [0.15, 0.2) is 76.5 Å². The topological polar surface area (TPSA) is 52.5 Å². The average Bonchev–Trinajstić information content (AvgIpc) is 2.57. The summed E-state index contributed by atoms with van der Waals surface area (Å²) in [5.74, 6) is 0.0899. The molecule has 0 atom stereocenters. The Hall–Kier alpha value is -2.59.